The second-order valence-electron chi connectivity index (χ2n) is 44.2. The lowest BCUT2D eigenvalue weighted by Crippen LogP contribution is -2.70. The fourth-order valence-corrected chi connectivity index (χ4v) is 24.7. The van der Waals surface area contributed by atoms with Crippen LogP contribution in [0.2, 0.25) is 0 Å². The highest BCUT2D eigenvalue weighted by molar-refractivity contribution is 5.89. The third-order valence-corrected chi connectivity index (χ3v) is 34.0. The van der Waals surface area contributed by atoms with E-state index in [1.54, 1.807) is 20.8 Å². The summed E-state index contributed by atoms with van der Waals surface area (Å²) in [6.45, 7) is 21.9. The van der Waals surface area contributed by atoms with Crippen molar-refractivity contribution in [1.82, 2.24) is 5.32 Å². The van der Waals surface area contributed by atoms with E-state index in [4.69, 9.17) is 85.3 Å². The summed E-state index contributed by atoms with van der Waals surface area (Å²) in [7, 11) is 0. The molecular formula is C98H155NO47. The van der Waals surface area contributed by atoms with E-state index in [1.807, 2.05) is 20.8 Å². The van der Waals surface area contributed by atoms with Crippen molar-refractivity contribution in [2.24, 2.45) is 50.2 Å². The number of aliphatic hydroxyl groups is 25. The van der Waals surface area contributed by atoms with Crippen LogP contribution in [0, 0.1) is 50.2 Å². The SMILES string of the molecule is C=C[C@](C)(O)CC/C=C(\CO)C(=O)O[C@H]1[C@H](O)[C@@H](O)[C@H](O[C@](C)(C=C)CC/C=C(\CO)C(=O)O[C@H]2C[C@]3(C(=O)O[C@@H]4O[C@H](CO)[C@H](O)[C@H](O)[C@H]4O[C@@H]4O[C@@H](C)[C@H](O[C@@H]5O[C@@H](CO)[C@H](O)[C@H]5O)[C@@H](O[C@@H]5O[C@H](CO)[C@H](O)[C@H](O)[C@H]5O)[C@H]4O)[C@H](O)C[C@]4(C)C(=CC[C@@H]5[C@@]6(C)CC[C@H](O[C@@H]7O[C@H](CO[C@@H]8O[C@H](CO)[C@H](O)[C@H](O)[C@H]8O[C@@H]8OC[C@@H](O)[C@H](O)[C@H]8O)[C@@H](O)[C@H](O)[C@H]7NC(C)=O)C(C)(C)[C@H]6CC[C@]54C)[C@H]3CC2(C)C)O[C@@H]1C. The van der Waals surface area contributed by atoms with Crippen LogP contribution in [-0.4, -0.2) is 467 Å². The minimum Gasteiger partial charge on any atom is -0.458 e. The van der Waals surface area contributed by atoms with E-state index in [-0.39, 0.29) is 61.5 Å². The third-order valence-electron chi connectivity index (χ3n) is 34.0. The first kappa shape index (κ1) is 118. The fourth-order valence-electron chi connectivity index (χ4n) is 24.7. The first-order chi connectivity index (χ1) is 68.5. The molecular weight excluding hydrogens is 1940 g/mol. The number of aliphatic hydroxyl groups excluding tert-OH is 24. The Bertz CT molecular complexity index is 4510. The summed E-state index contributed by atoms with van der Waals surface area (Å²) >= 11 is 0. The van der Waals surface area contributed by atoms with Crippen molar-refractivity contribution < 1.29 is 232 Å². The van der Waals surface area contributed by atoms with Crippen molar-refractivity contribution in [1.29, 1.82) is 0 Å². The molecule has 0 spiro atoms. The number of nitrogens with one attached hydrogen (secondary N) is 1. The van der Waals surface area contributed by atoms with E-state index in [1.165, 1.54) is 52.0 Å². The highest BCUT2D eigenvalue weighted by atomic mass is 16.8. The Morgan fingerprint density at radius 3 is 1.54 bits per heavy atom. The molecule has 8 aliphatic heterocycles. The molecule has 26 N–H and O–H groups in total. The lowest BCUT2D eigenvalue weighted by Gasteiger charge is -2.72. The summed E-state index contributed by atoms with van der Waals surface area (Å²) in [6, 6.07) is -1.42. The van der Waals surface area contributed by atoms with E-state index < -0.39 is 384 Å². The van der Waals surface area contributed by atoms with Crippen LogP contribution in [0.5, 0.6) is 0 Å². The van der Waals surface area contributed by atoms with Crippen molar-refractivity contribution in [2.45, 2.75) is 423 Å². The Kier molecular flexibility index (Phi) is 38.0. The predicted molar refractivity (Wildman–Crippen MR) is 491 cm³/mol. The van der Waals surface area contributed by atoms with Gasteiger partial charge in [0.05, 0.1) is 99.6 Å². The number of rotatable bonds is 36. The van der Waals surface area contributed by atoms with E-state index in [0.29, 0.717) is 37.7 Å². The van der Waals surface area contributed by atoms with E-state index >= 15 is 9.59 Å². The topological polar surface area (TPSA) is 752 Å². The minimum atomic E-state index is -2.30. The Labute approximate surface area is 844 Å². The van der Waals surface area contributed by atoms with E-state index in [2.05, 4.69) is 38.4 Å². The van der Waals surface area contributed by atoms with Gasteiger partial charge in [-0.25, -0.2) is 9.59 Å². The van der Waals surface area contributed by atoms with Gasteiger partial charge in [0.1, 0.15) is 170 Å². The largest absolute Gasteiger partial charge is 0.458 e. The molecule has 48 heteroatoms. The Balaban J connectivity index is 0.788. The zero-order chi connectivity index (χ0) is 108. The van der Waals surface area contributed by atoms with Crippen LogP contribution >= 0.6 is 0 Å². The first-order valence-corrected chi connectivity index (χ1v) is 50.2. The van der Waals surface area contributed by atoms with Gasteiger partial charge in [-0.3, -0.25) is 9.59 Å². The van der Waals surface area contributed by atoms with E-state index in [9.17, 15) is 137 Å². The molecule has 0 aromatic carbocycles. The fraction of sp³-hybridized carbons (Fsp3) is 0.857. The molecule has 8 saturated heterocycles. The van der Waals surface area contributed by atoms with Crippen LogP contribution < -0.4 is 5.32 Å². The smallest absolute Gasteiger partial charge is 0.336 e. The van der Waals surface area contributed by atoms with Gasteiger partial charge in [-0.2, -0.15) is 0 Å². The van der Waals surface area contributed by atoms with Gasteiger partial charge in [-0.1, -0.05) is 84.4 Å². The summed E-state index contributed by atoms with van der Waals surface area (Å²) in [4.78, 5) is 58.4. The highest BCUT2D eigenvalue weighted by Crippen LogP contribution is 2.76. The minimum absolute atomic E-state index is 0.0618. The maximum atomic E-state index is 16.9. The number of esters is 3. The molecule has 834 valence electrons. The van der Waals surface area contributed by atoms with Gasteiger partial charge in [-0.15, -0.1) is 13.2 Å². The highest BCUT2D eigenvalue weighted by Gasteiger charge is 2.74. The Hall–Kier alpha value is -5.02. The van der Waals surface area contributed by atoms with Gasteiger partial charge in [0.2, 0.25) is 12.2 Å². The predicted octanol–water partition coefficient (Wildman–Crippen LogP) is -6.95. The van der Waals surface area contributed by atoms with Crippen LogP contribution in [-0.2, 0) is 104 Å². The molecule has 0 aromatic heterocycles. The van der Waals surface area contributed by atoms with Crippen molar-refractivity contribution >= 4 is 23.8 Å². The number of allylic oxidation sites excluding steroid dienone is 4. The number of hydrogen-bond acceptors (Lipinski definition) is 47. The van der Waals surface area contributed by atoms with Crippen molar-refractivity contribution in [3.63, 3.8) is 0 Å². The van der Waals surface area contributed by atoms with Gasteiger partial charge < -0.3 is 218 Å². The third kappa shape index (κ3) is 23.0. The molecule has 13 rings (SSSR count). The maximum absolute atomic E-state index is 16.9. The summed E-state index contributed by atoms with van der Waals surface area (Å²) in [6.07, 6.45) is -62.4. The maximum Gasteiger partial charge on any atom is 0.336 e. The number of carbonyl (C=O) groups excluding carboxylic acids is 4. The second kappa shape index (κ2) is 46.9. The second-order valence-corrected chi connectivity index (χ2v) is 44.2. The molecule has 5 aliphatic carbocycles. The Morgan fingerprint density at radius 1 is 0.473 bits per heavy atom. The van der Waals surface area contributed by atoms with Crippen LogP contribution in [0.1, 0.15) is 160 Å². The summed E-state index contributed by atoms with van der Waals surface area (Å²) < 4.78 is 110. The molecule has 0 aromatic rings. The van der Waals surface area contributed by atoms with Gasteiger partial charge in [0.15, 0.2) is 56.2 Å². The monoisotopic (exact) mass is 2100 g/mol. The van der Waals surface area contributed by atoms with Crippen LogP contribution in [0.4, 0.5) is 0 Å². The van der Waals surface area contributed by atoms with Gasteiger partial charge in [-0.05, 0) is 138 Å². The molecule has 13 aliphatic rings. The average Bonchev–Trinajstić information content (AvgIpc) is 0.673. The first-order valence-electron chi connectivity index (χ1n) is 50.2. The summed E-state index contributed by atoms with van der Waals surface area (Å²) in [5.74, 6) is -5.57. The molecule has 4 saturated carbocycles. The van der Waals surface area contributed by atoms with Crippen LogP contribution in [0.15, 0.2) is 60.3 Å². The number of amides is 1. The average molecular weight is 2100 g/mol. The molecule has 0 radical (unpaired) electrons. The molecule has 146 heavy (non-hydrogen) atoms. The molecule has 50 atom stereocenters. The number of fused-ring (bicyclic) bond motifs is 7. The van der Waals surface area contributed by atoms with Crippen LogP contribution in [0.25, 0.3) is 0 Å². The zero-order valence-corrected chi connectivity index (χ0v) is 84.0. The summed E-state index contributed by atoms with van der Waals surface area (Å²) in [5, 5.41) is 282. The zero-order valence-electron chi connectivity index (χ0n) is 84.0. The standard InChI is InChI=1S/C98H155NO47/c1-15-93(10,128)25-17-19-44(33-101)81(126)140-75-40(3)132-87(73(123)69(75)119)146-94(11,16-2)26-18-20-43(32-100)80(125)138-57-31-98(90(127)145-89-79(68(118)62(112)50(36-104)136-89)144-86-74(124)77(142-85-72(122)66(116)60(110)48(34-102)133-85)76(41(4)131-86)141-84-71(121)63(113)51(37-105)134-84)46(29-91(57,6)7)45-21-22-54-95(12)27-24-56(92(8,9)53(95)23-28-96(54,13)97(45,14)30-55(98)108)139-82-58(99-42(5)106)65(115)64(114)52(137-82)39-130-88-78(67(117)61(111)49(35-103)135-88)143-83-70(120)59(109)47(107)38-129-83/h15-16,19-21,40-41,46-79,82-89,100-105,107-124,128H,1-2,17-18,22-39H2,3-14H3,(H,99,106)/b43-20+,44-19+/t40-,41+,46-,47-,48-,49-,50-,51+,52-,53-,54-,55-,56+,57+,58-,59+,60+,61+,62+,63+,64-,65-,66+,67+,68+,69-,70-,71-,72-,73-,74-,75-,76+,77+,78-,79-,82+,83+,84+,85+,86+,87+,88-,89+,93+,94-,95+,96-,97-,98-/m1/s1. The molecule has 0 bridgehead atoms. The molecule has 1 amide bonds. The van der Waals surface area contributed by atoms with E-state index in [0.717, 1.165) is 0 Å². The number of carbonyl (C=O) groups is 4. The molecule has 0 unspecified atom stereocenters. The van der Waals surface area contributed by atoms with Crippen molar-refractivity contribution in [3.05, 3.63) is 60.3 Å². The molecule has 48 nitrogen and oxygen atoms in total. The Morgan fingerprint density at radius 2 is 0.959 bits per heavy atom. The van der Waals surface area contributed by atoms with Crippen molar-refractivity contribution in [3.8, 4) is 0 Å². The normalized spacial score (nSPS) is 47.4. The van der Waals surface area contributed by atoms with Gasteiger partial charge >= 0.3 is 17.9 Å². The quantitative estimate of drug-likeness (QED) is 0.00911. The lowest BCUT2D eigenvalue weighted by molar-refractivity contribution is -0.390. The van der Waals surface area contributed by atoms with Gasteiger partial charge in [0.25, 0.3) is 0 Å². The van der Waals surface area contributed by atoms with Crippen LogP contribution in [0.3, 0.4) is 0 Å². The number of hydrogen-bond donors (Lipinski definition) is 26. The van der Waals surface area contributed by atoms with Gasteiger partial charge in [0, 0.05) is 18.8 Å². The molecule has 12 fully saturated rings. The van der Waals surface area contributed by atoms with Crippen molar-refractivity contribution in [2.75, 3.05) is 52.9 Å². The summed E-state index contributed by atoms with van der Waals surface area (Å²) in [5.41, 5.74) is -9.27. The molecule has 8 heterocycles. The number of ether oxygens (including phenoxy) is 18. The lowest BCUT2D eigenvalue weighted by atomic mass is 9.33.